The molecule has 0 bridgehead atoms. The number of likely N-dealkylation sites (N-methyl/N-ethyl adjacent to an activating group) is 2. The summed E-state index contributed by atoms with van der Waals surface area (Å²) in [5.74, 6) is 0.750. The standard InChI is InChI=1S/C17H32F3N5O/c1-5-21-16(23(4)12-15(26)25(6-2)7-3)22-10-14-8-9-24(11-14)13-17(18,19)20/h14H,5-13H2,1-4H3,(H,21,22). The van der Waals surface area contributed by atoms with E-state index in [-0.39, 0.29) is 18.4 Å². The van der Waals surface area contributed by atoms with Gasteiger partial charge in [-0.15, -0.1) is 0 Å². The summed E-state index contributed by atoms with van der Waals surface area (Å²) >= 11 is 0. The van der Waals surface area contributed by atoms with E-state index in [1.165, 1.54) is 4.90 Å². The summed E-state index contributed by atoms with van der Waals surface area (Å²) in [4.78, 5) is 21.7. The van der Waals surface area contributed by atoms with Crippen LogP contribution < -0.4 is 5.32 Å². The molecule has 0 aliphatic carbocycles. The molecule has 9 heteroatoms. The Bertz CT molecular complexity index is 466. The van der Waals surface area contributed by atoms with Crippen LogP contribution in [-0.4, -0.2) is 92.1 Å². The molecule has 6 nitrogen and oxygen atoms in total. The van der Waals surface area contributed by atoms with Crippen molar-refractivity contribution in [1.82, 2.24) is 20.0 Å². The summed E-state index contributed by atoms with van der Waals surface area (Å²) in [6, 6.07) is 0. The van der Waals surface area contributed by atoms with Crippen LogP contribution in [0, 0.1) is 5.92 Å². The molecule has 1 saturated heterocycles. The molecule has 1 aliphatic heterocycles. The van der Waals surface area contributed by atoms with Gasteiger partial charge in [-0.1, -0.05) is 0 Å². The van der Waals surface area contributed by atoms with Gasteiger partial charge in [-0.2, -0.15) is 13.2 Å². The van der Waals surface area contributed by atoms with Gasteiger partial charge in [0.15, 0.2) is 5.96 Å². The van der Waals surface area contributed by atoms with Gasteiger partial charge in [0.2, 0.25) is 5.91 Å². The van der Waals surface area contributed by atoms with E-state index >= 15 is 0 Å². The Hall–Kier alpha value is -1.51. The molecule has 0 aromatic carbocycles. The third kappa shape index (κ3) is 7.80. The average molecular weight is 379 g/mol. The number of nitrogens with one attached hydrogen (secondary N) is 1. The fraction of sp³-hybridized carbons (Fsp3) is 0.882. The Morgan fingerprint density at radius 3 is 2.46 bits per heavy atom. The number of amides is 1. The molecule has 26 heavy (non-hydrogen) atoms. The molecule has 1 heterocycles. The molecule has 1 fully saturated rings. The third-order valence-electron chi connectivity index (χ3n) is 4.46. The van der Waals surface area contributed by atoms with Crippen LogP contribution in [0.25, 0.3) is 0 Å². The molecule has 1 atom stereocenters. The smallest absolute Gasteiger partial charge is 0.357 e. The molecule has 0 saturated carbocycles. The highest BCUT2D eigenvalue weighted by molar-refractivity contribution is 5.86. The Morgan fingerprint density at radius 1 is 1.27 bits per heavy atom. The molecule has 1 unspecified atom stereocenters. The minimum absolute atomic E-state index is 0.0281. The lowest BCUT2D eigenvalue weighted by Crippen LogP contribution is -2.45. The number of hydrogen-bond acceptors (Lipinski definition) is 3. The first-order valence-corrected chi connectivity index (χ1v) is 9.26. The molecule has 1 N–H and O–H groups in total. The molecule has 1 amide bonds. The fourth-order valence-corrected chi connectivity index (χ4v) is 3.10. The minimum atomic E-state index is -4.15. The molecule has 0 aromatic heterocycles. The topological polar surface area (TPSA) is 51.2 Å². The van der Waals surface area contributed by atoms with E-state index in [1.807, 2.05) is 20.8 Å². The SMILES string of the molecule is CCNC(=NCC1CCN(CC(F)(F)F)C1)N(C)CC(=O)N(CC)CC. The predicted molar refractivity (Wildman–Crippen MR) is 97.1 cm³/mol. The lowest BCUT2D eigenvalue weighted by Gasteiger charge is -2.26. The van der Waals surface area contributed by atoms with Crippen molar-refractivity contribution < 1.29 is 18.0 Å². The van der Waals surface area contributed by atoms with E-state index in [0.29, 0.717) is 51.6 Å². The van der Waals surface area contributed by atoms with Crippen LogP contribution in [0.2, 0.25) is 0 Å². The second-order valence-corrected chi connectivity index (χ2v) is 6.62. The summed E-state index contributed by atoms with van der Waals surface area (Å²) in [5, 5.41) is 3.15. The highest BCUT2D eigenvalue weighted by Gasteiger charge is 2.34. The minimum Gasteiger partial charge on any atom is -0.357 e. The van der Waals surface area contributed by atoms with Gasteiger partial charge in [-0.05, 0) is 39.7 Å². The number of hydrogen-bond donors (Lipinski definition) is 1. The number of carbonyl (C=O) groups excluding carboxylic acids is 1. The monoisotopic (exact) mass is 379 g/mol. The number of halogens is 3. The van der Waals surface area contributed by atoms with E-state index in [9.17, 15) is 18.0 Å². The number of rotatable bonds is 8. The number of likely N-dealkylation sites (tertiary alicyclic amines) is 1. The Labute approximate surface area is 154 Å². The number of alkyl halides is 3. The van der Waals surface area contributed by atoms with Crippen molar-refractivity contribution in [2.24, 2.45) is 10.9 Å². The van der Waals surface area contributed by atoms with Crippen LogP contribution in [0.15, 0.2) is 4.99 Å². The van der Waals surface area contributed by atoms with Gasteiger partial charge < -0.3 is 15.1 Å². The largest absolute Gasteiger partial charge is 0.401 e. The van der Waals surface area contributed by atoms with Gasteiger partial charge in [0.25, 0.3) is 0 Å². The average Bonchev–Trinajstić information content (AvgIpc) is 2.97. The maximum Gasteiger partial charge on any atom is 0.401 e. The van der Waals surface area contributed by atoms with Crippen LogP contribution in [-0.2, 0) is 4.79 Å². The quantitative estimate of drug-likeness (QED) is 0.515. The molecule has 1 aliphatic rings. The summed E-state index contributed by atoms with van der Waals surface area (Å²) in [7, 11) is 1.80. The first-order valence-electron chi connectivity index (χ1n) is 9.26. The lowest BCUT2D eigenvalue weighted by molar-refractivity contribution is -0.143. The second-order valence-electron chi connectivity index (χ2n) is 6.62. The highest BCUT2D eigenvalue weighted by atomic mass is 19.4. The van der Waals surface area contributed by atoms with Gasteiger partial charge in [-0.25, -0.2) is 0 Å². The number of nitrogens with zero attached hydrogens (tertiary/aromatic N) is 4. The Kier molecular flexibility index (Phi) is 9.18. The van der Waals surface area contributed by atoms with E-state index in [2.05, 4.69) is 10.3 Å². The Balaban J connectivity index is 2.59. The fourth-order valence-electron chi connectivity index (χ4n) is 3.10. The molecular formula is C17H32F3N5O. The van der Waals surface area contributed by atoms with Crippen molar-refractivity contribution >= 4 is 11.9 Å². The van der Waals surface area contributed by atoms with Gasteiger partial charge in [0, 0.05) is 39.8 Å². The maximum absolute atomic E-state index is 12.5. The van der Waals surface area contributed by atoms with Crippen LogP contribution in [0.5, 0.6) is 0 Å². The maximum atomic E-state index is 12.5. The van der Waals surface area contributed by atoms with Crippen molar-refractivity contribution in [2.45, 2.75) is 33.4 Å². The summed E-state index contributed by atoms with van der Waals surface area (Å²) < 4.78 is 37.4. The Morgan fingerprint density at radius 2 is 1.92 bits per heavy atom. The number of carbonyl (C=O) groups is 1. The first kappa shape index (κ1) is 22.5. The number of guanidine groups is 1. The van der Waals surface area contributed by atoms with E-state index in [0.717, 1.165) is 0 Å². The van der Waals surface area contributed by atoms with Crippen molar-refractivity contribution in [3.05, 3.63) is 0 Å². The second kappa shape index (κ2) is 10.6. The molecule has 152 valence electrons. The lowest BCUT2D eigenvalue weighted by atomic mass is 10.1. The molecule has 0 spiro atoms. The number of aliphatic imine (C=N–C) groups is 1. The zero-order valence-corrected chi connectivity index (χ0v) is 16.3. The summed E-state index contributed by atoms with van der Waals surface area (Å²) in [5.41, 5.74) is 0. The van der Waals surface area contributed by atoms with Gasteiger partial charge in [-0.3, -0.25) is 14.7 Å². The molecular weight excluding hydrogens is 347 g/mol. The molecule has 0 aromatic rings. The van der Waals surface area contributed by atoms with E-state index in [1.54, 1.807) is 16.8 Å². The first-order chi connectivity index (χ1) is 12.2. The predicted octanol–water partition coefficient (Wildman–Crippen LogP) is 1.64. The normalized spacial score (nSPS) is 18.9. The van der Waals surface area contributed by atoms with Crippen LogP contribution >= 0.6 is 0 Å². The summed E-state index contributed by atoms with van der Waals surface area (Å²) in [6.07, 6.45) is -3.45. The van der Waals surface area contributed by atoms with Crippen LogP contribution in [0.4, 0.5) is 13.2 Å². The highest BCUT2D eigenvalue weighted by Crippen LogP contribution is 2.22. The summed E-state index contributed by atoms with van der Waals surface area (Å²) in [6.45, 7) is 8.48. The van der Waals surface area contributed by atoms with Crippen molar-refractivity contribution in [3.8, 4) is 0 Å². The molecule has 1 rings (SSSR count). The van der Waals surface area contributed by atoms with E-state index in [4.69, 9.17) is 0 Å². The zero-order valence-electron chi connectivity index (χ0n) is 16.3. The van der Waals surface area contributed by atoms with E-state index < -0.39 is 12.7 Å². The molecule has 0 radical (unpaired) electrons. The van der Waals surface area contributed by atoms with Crippen molar-refractivity contribution in [2.75, 3.05) is 59.4 Å². The van der Waals surface area contributed by atoms with Gasteiger partial charge >= 0.3 is 6.18 Å². The van der Waals surface area contributed by atoms with Crippen molar-refractivity contribution in [1.29, 1.82) is 0 Å². The third-order valence-corrected chi connectivity index (χ3v) is 4.46. The van der Waals surface area contributed by atoms with Gasteiger partial charge in [0.05, 0.1) is 13.1 Å². The van der Waals surface area contributed by atoms with Crippen molar-refractivity contribution in [3.63, 3.8) is 0 Å². The van der Waals surface area contributed by atoms with Crippen LogP contribution in [0.3, 0.4) is 0 Å². The van der Waals surface area contributed by atoms with Crippen LogP contribution in [0.1, 0.15) is 27.2 Å². The van der Waals surface area contributed by atoms with Gasteiger partial charge in [0.1, 0.15) is 0 Å². The zero-order chi connectivity index (χ0) is 19.7.